The molecule has 8 nitrogen and oxygen atoms in total. The lowest BCUT2D eigenvalue weighted by Gasteiger charge is -2.30. The molecule has 2 rings (SSSR count). The average Bonchev–Trinajstić information content (AvgIpc) is 2.68. The first-order valence-electron chi connectivity index (χ1n) is 9.16. The number of hydrogen-bond donors (Lipinski definition) is 1. The van der Waals surface area contributed by atoms with Gasteiger partial charge in [-0.15, -0.1) is 0 Å². The van der Waals surface area contributed by atoms with Crippen LogP contribution < -0.4 is 5.32 Å². The van der Waals surface area contributed by atoms with E-state index in [-0.39, 0.29) is 53.6 Å². The highest BCUT2D eigenvalue weighted by molar-refractivity contribution is 7.91. The quantitative estimate of drug-likeness (QED) is 0.611. The van der Waals surface area contributed by atoms with Gasteiger partial charge in [0.1, 0.15) is 0 Å². The van der Waals surface area contributed by atoms with Gasteiger partial charge in [0.05, 0.1) is 10.6 Å². The first kappa shape index (κ1) is 22.5. The Kier molecular flexibility index (Phi) is 7.35. The van der Waals surface area contributed by atoms with Crippen LogP contribution in [-0.2, 0) is 24.7 Å². The molecule has 0 saturated carbocycles. The number of carbonyl (C=O) groups is 2. The Morgan fingerprint density at radius 1 is 1.07 bits per heavy atom. The third-order valence-corrected chi connectivity index (χ3v) is 8.49. The molecule has 0 spiro atoms. The monoisotopic (exact) mass is 430 g/mol. The number of hydrogen-bond acceptors (Lipinski definition) is 6. The minimum absolute atomic E-state index is 0.0342. The van der Waals surface area contributed by atoms with Crippen LogP contribution in [0, 0.1) is 5.92 Å². The van der Waals surface area contributed by atoms with Crippen molar-refractivity contribution < 1.29 is 26.4 Å². The molecule has 1 N–H and O–H groups in total. The molecule has 1 saturated heterocycles. The average molecular weight is 431 g/mol. The molecule has 28 heavy (non-hydrogen) atoms. The van der Waals surface area contributed by atoms with E-state index in [9.17, 15) is 26.4 Å². The molecule has 1 aromatic carbocycles. The van der Waals surface area contributed by atoms with Gasteiger partial charge < -0.3 is 5.32 Å². The lowest BCUT2D eigenvalue weighted by Crippen LogP contribution is -2.43. The third kappa shape index (κ3) is 5.62. The van der Waals surface area contributed by atoms with E-state index in [0.29, 0.717) is 18.4 Å². The second-order valence-corrected chi connectivity index (χ2v) is 11.2. The molecule has 1 fully saturated rings. The second kappa shape index (κ2) is 9.15. The van der Waals surface area contributed by atoms with Gasteiger partial charge in [0.2, 0.25) is 15.9 Å². The SMILES string of the molecule is CCS(=O)(=O)CCNC(=O)C1CCN(S(=O)(=O)c2ccc(C(C)=O)cc2)CC1. The maximum atomic E-state index is 12.7. The number of sulfonamides is 1. The predicted octanol–water partition coefficient (Wildman–Crippen LogP) is 0.841. The van der Waals surface area contributed by atoms with Crippen molar-refractivity contribution in [1.82, 2.24) is 9.62 Å². The summed E-state index contributed by atoms with van der Waals surface area (Å²) in [4.78, 5) is 23.6. The zero-order valence-corrected chi connectivity index (χ0v) is 17.7. The molecule has 1 aromatic rings. The molecule has 1 amide bonds. The highest BCUT2D eigenvalue weighted by Crippen LogP contribution is 2.24. The number of nitrogens with one attached hydrogen (secondary N) is 1. The minimum atomic E-state index is -3.68. The van der Waals surface area contributed by atoms with Crippen molar-refractivity contribution in [3.8, 4) is 0 Å². The Morgan fingerprint density at radius 2 is 1.64 bits per heavy atom. The van der Waals surface area contributed by atoms with Crippen LogP contribution in [0.25, 0.3) is 0 Å². The van der Waals surface area contributed by atoms with Crippen LogP contribution in [-0.4, -0.2) is 64.0 Å². The van der Waals surface area contributed by atoms with Crippen LogP contribution in [0.4, 0.5) is 0 Å². The molecule has 10 heteroatoms. The first-order chi connectivity index (χ1) is 13.1. The van der Waals surface area contributed by atoms with E-state index in [1.807, 2.05) is 0 Å². The van der Waals surface area contributed by atoms with Gasteiger partial charge >= 0.3 is 0 Å². The number of amides is 1. The van der Waals surface area contributed by atoms with Crippen LogP contribution in [0.3, 0.4) is 0 Å². The van der Waals surface area contributed by atoms with Crippen molar-refractivity contribution in [2.24, 2.45) is 5.92 Å². The maximum absolute atomic E-state index is 12.7. The Labute approximate surface area is 166 Å². The van der Waals surface area contributed by atoms with Gasteiger partial charge in [-0.1, -0.05) is 19.1 Å². The number of benzene rings is 1. The summed E-state index contributed by atoms with van der Waals surface area (Å²) in [5.41, 5.74) is 0.444. The van der Waals surface area contributed by atoms with Crippen molar-refractivity contribution >= 4 is 31.6 Å². The fourth-order valence-corrected chi connectivity index (χ4v) is 5.16. The number of rotatable bonds is 8. The summed E-state index contributed by atoms with van der Waals surface area (Å²) in [6.45, 7) is 3.46. The Morgan fingerprint density at radius 3 is 2.14 bits per heavy atom. The summed E-state index contributed by atoms with van der Waals surface area (Å²) in [7, 11) is -6.82. The molecule has 0 atom stereocenters. The van der Waals surface area contributed by atoms with Gasteiger partial charge in [-0.25, -0.2) is 16.8 Å². The van der Waals surface area contributed by atoms with Crippen molar-refractivity contribution in [3.05, 3.63) is 29.8 Å². The molecule has 0 unspecified atom stereocenters. The fourth-order valence-electron chi connectivity index (χ4n) is 2.99. The Balaban J connectivity index is 1.91. The van der Waals surface area contributed by atoms with E-state index >= 15 is 0 Å². The maximum Gasteiger partial charge on any atom is 0.243 e. The molecule has 156 valence electrons. The number of nitrogens with zero attached hydrogens (tertiary/aromatic N) is 1. The van der Waals surface area contributed by atoms with Crippen molar-refractivity contribution in [2.45, 2.75) is 31.6 Å². The van der Waals surface area contributed by atoms with Gasteiger partial charge in [-0.2, -0.15) is 4.31 Å². The lowest BCUT2D eigenvalue weighted by molar-refractivity contribution is -0.125. The summed E-state index contributed by atoms with van der Waals surface area (Å²) in [5, 5.41) is 2.63. The smallest absolute Gasteiger partial charge is 0.243 e. The van der Waals surface area contributed by atoms with E-state index in [2.05, 4.69) is 5.32 Å². The topological polar surface area (TPSA) is 118 Å². The number of ketones is 1. The van der Waals surface area contributed by atoms with Crippen LogP contribution in [0.5, 0.6) is 0 Å². The fraction of sp³-hybridized carbons (Fsp3) is 0.556. The normalized spacial score (nSPS) is 16.6. The molecule has 1 heterocycles. The highest BCUT2D eigenvalue weighted by Gasteiger charge is 2.32. The summed E-state index contributed by atoms with van der Waals surface area (Å²) < 4.78 is 49.7. The second-order valence-electron chi connectivity index (χ2n) is 6.79. The van der Waals surface area contributed by atoms with Gasteiger partial charge in [-0.05, 0) is 31.9 Å². The van der Waals surface area contributed by atoms with Crippen LogP contribution >= 0.6 is 0 Å². The van der Waals surface area contributed by atoms with Gasteiger partial charge in [0.15, 0.2) is 15.6 Å². The summed E-state index contributed by atoms with van der Waals surface area (Å²) in [5.74, 6) is -0.779. The molecule has 0 aliphatic carbocycles. The van der Waals surface area contributed by atoms with Gasteiger partial charge in [0, 0.05) is 36.9 Å². The largest absolute Gasteiger partial charge is 0.355 e. The Bertz CT molecular complexity index is 915. The molecule has 0 radical (unpaired) electrons. The van der Waals surface area contributed by atoms with E-state index in [1.54, 1.807) is 6.92 Å². The van der Waals surface area contributed by atoms with Gasteiger partial charge in [0.25, 0.3) is 0 Å². The molecule has 1 aliphatic heterocycles. The minimum Gasteiger partial charge on any atom is -0.355 e. The molecule has 0 aromatic heterocycles. The molecule has 1 aliphatic rings. The summed E-state index contributed by atoms with van der Waals surface area (Å²) in [6.07, 6.45) is 0.744. The summed E-state index contributed by atoms with van der Waals surface area (Å²) in [6, 6.07) is 5.80. The highest BCUT2D eigenvalue weighted by atomic mass is 32.2. The number of piperidine rings is 1. The summed E-state index contributed by atoms with van der Waals surface area (Å²) >= 11 is 0. The Hall–Kier alpha value is -1.78. The van der Waals surface area contributed by atoms with Crippen molar-refractivity contribution in [3.63, 3.8) is 0 Å². The first-order valence-corrected chi connectivity index (χ1v) is 12.4. The zero-order chi connectivity index (χ0) is 20.9. The molecular weight excluding hydrogens is 404 g/mol. The zero-order valence-electron chi connectivity index (χ0n) is 16.0. The van der Waals surface area contributed by atoms with E-state index in [1.165, 1.54) is 35.5 Å². The van der Waals surface area contributed by atoms with Crippen LogP contribution in [0.2, 0.25) is 0 Å². The van der Waals surface area contributed by atoms with Crippen molar-refractivity contribution in [2.75, 3.05) is 31.1 Å². The van der Waals surface area contributed by atoms with E-state index in [4.69, 9.17) is 0 Å². The van der Waals surface area contributed by atoms with Gasteiger partial charge in [-0.3, -0.25) is 9.59 Å². The predicted molar refractivity (Wildman–Crippen MR) is 105 cm³/mol. The standard InChI is InChI=1S/C18H26N2O6S2/c1-3-27(23,24)13-10-19-18(22)16-8-11-20(12-9-16)28(25,26)17-6-4-15(5-7-17)14(2)21/h4-7,16H,3,8-13H2,1-2H3,(H,19,22). The number of sulfone groups is 1. The van der Waals surface area contributed by atoms with Crippen LogP contribution in [0.1, 0.15) is 37.0 Å². The van der Waals surface area contributed by atoms with E-state index < -0.39 is 19.9 Å². The number of Topliss-reactive ketones (excluding diaryl/α,β-unsaturated/α-hetero) is 1. The van der Waals surface area contributed by atoms with Crippen molar-refractivity contribution in [1.29, 1.82) is 0 Å². The molecular formula is C18H26N2O6S2. The third-order valence-electron chi connectivity index (χ3n) is 4.88. The van der Waals surface area contributed by atoms with E-state index in [0.717, 1.165) is 0 Å². The lowest BCUT2D eigenvalue weighted by atomic mass is 9.97. The molecule has 0 bridgehead atoms. The van der Waals surface area contributed by atoms with Crippen LogP contribution in [0.15, 0.2) is 29.2 Å². The number of carbonyl (C=O) groups excluding carboxylic acids is 2.